The molecule has 0 spiro atoms. The Morgan fingerprint density at radius 2 is 2.16 bits per heavy atom. The molecule has 0 radical (unpaired) electrons. The van der Waals surface area contributed by atoms with Crippen molar-refractivity contribution in [2.45, 2.75) is 38.6 Å². The van der Waals surface area contributed by atoms with E-state index in [4.69, 9.17) is 4.74 Å². The standard InChI is InChI=1S/C16H24FNO/c1-11-4-6-15(18-2)13(8-11)9-12-5-7-16(19-3)14(17)10-12/h5,7,10-11,13,15,18H,4,6,8-9H2,1-3H3. The van der Waals surface area contributed by atoms with Crippen LogP contribution in [0.1, 0.15) is 31.7 Å². The largest absolute Gasteiger partial charge is 0.494 e. The van der Waals surface area contributed by atoms with E-state index in [0.29, 0.717) is 17.7 Å². The molecule has 1 aliphatic carbocycles. The van der Waals surface area contributed by atoms with Gasteiger partial charge in [-0.25, -0.2) is 4.39 Å². The zero-order chi connectivity index (χ0) is 13.8. The van der Waals surface area contributed by atoms with Crippen molar-refractivity contribution in [2.75, 3.05) is 14.2 Å². The van der Waals surface area contributed by atoms with Gasteiger partial charge in [0.2, 0.25) is 0 Å². The van der Waals surface area contributed by atoms with Crippen LogP contribution in [0.4, 0.5) is 4.39 Å². The van der Waals surface area contributed by atoms with Crippen molar-refractivity contribution in [3.63, 3.8) is 0 Å². The molecule has 0 bridgehead atoms. The lowest BCUT2D eigenvalue weighted by atomic mass is 9.76. The minimum Gasteiger partial charge on any atom is -0.494 e. The Morgan fingerprint density at radius 3 is 2.79 bits per heavy atom. The van der Waals surface area contributed by atoms with Crippen LogP contribution in [0.3, 0.4) is 0 Å². The lowest BCUT2D eigenvalue weighted by Crippen LogP contribution is -2.39. The van der Waals surface area contributed by atoms with Crippen molar-refractivity contribution >= 4 is 0 Å². The zero-order valence-corrected chi connectivity index (χ0v) is 12.1. The second kappa shape index (κ2) is 6.38. The fourth-order valence-corrected chi connectivity index (χ4v) is 3.24. The van der Waals surface area contributed by atoms with E-state index in [2.05, 4.69) is 12.2 Å². The van der Waals surface area contributed by atoms with Crippen molar-refractivity contribution in [1.29, 1.82) is 0 Å². The van der Waals surface area contributed by atoms with Crippen LogP contribution in [0.2, 0.25) is 0 Å². The Bertz CT molecular complexity index is 421. The van der Waals surface area contributed by atoms with Gasteiger partial charge in [-0.3, -0.25) is 0 Å². The molecule has 19 heavy (non-hydrogen) atoms. The molecule has 3 unspecified atom stereocenters. The monoisotopic (exact) mass is 265 g/mol. The van der Waals surface area contributed by atoms with E-state index in [1.165, 1.54) is 26.4 Å². The molecule has 3 heteroatoms. The summed E-state index contributed by atoms with van der Waals surface area (Å²) in [5.74, 6) is 1.44. The minimum atomic E-state index is -0.259. The van der Waals surface area contributed by atoms with Crippen LogP contribution in [-0.2, 0) is 6.42 Å². The van der Waals surface area contributed by atoms with Gasteiger partial charge in [0, 0.05) is 6.04 Å². The molecule has 0 heterocycles. The molecule has 2 nitrogen and oxygen atoms in total. The molecular weight excluding hydrogens is 241 g/mol. The molecule has 2 rings (SSSR count). The first-order valence-electron chi connectivity index (χ1n) is 7.13. The molecule has 0 amide bonds. The summed E-state index contributed by atoms with van der Waals surface area (Å²) in [6.45, 7) is 2.31. The summed E-state index contributed by atoms with van der Waals surface area (Å²) in [7, 11) is 3.53. The van der Waals surface area contributed by atoms with E-state index in [9.17, 15) is 4.39 Å². The quantitative estimate of drug-likeness (QED) is 0.901. The number of nitrogens with one attached hydrogen (secondary N) is 1. The molecule has 1 aliphatic rings. The summed E-state index contributed by atoms with van der Waals surface area (Å²) in [5.41, 5.74) is 1.07. The molecule has 1 aromatic rings. The van der Waals surface area contributed by atoms with Gasteiger partial charge in [-0.15, -0.1) is 0 Å². The topological polar surface area (TPSA) is 21.3 Å². The first-order valence-corrected chi connectivity index (χ1v) is 7.13. The summed E-state index contributed by atoms with van der Waals surface area (Å²) in [4.78, 5) is 0. The third-order valence-corrected chi connectivity index (χ3v) is 4.33. The van der Waals surface area contributed by atoms with E-state index in [1.807, 2.05) is 13.1 Å². The molecular formula is C16H24FNO. The molecule has 1 saturated carbocycles. The highest BCUT2D eigenvalue weighted by Gasteiger charge is 2.27. The number of hydrogen-bond acceptors (Lipinski definition) is 2. The number of halogens is 1. The van der Waals surface area contributed by atoms with Crippen LogP contribution in [0, 0.1) is 17.7 Å². The highest BCUT2D eigenvalue weighted by atomic mass is 19.1. The minimum absolute atomic E-state index is 0.259. The lowest BCUT2D eigenvalue weighted by molar-refractivity contribution is 0.220. The Kier molecular flexibility index (Phi) is 4.81. The van der Waals surface area contributed by atoms with E-state index < -0.39 is 0 Å². The Labute approximate surface area is 115 Å². The summed E-state index contributed by atoms with van der Waals surface area (Å²) in [6.07, 6.45) is 4.68. The average Bonchev–Trinajstić information content (AvgIpc) is 2.39. The zero-order valence-electron chi connectivity index (χ0n) is 12.1. The SMILES string of the molecule is CNC1CCC(C)CC1Cc1ccc(OC)c(F)c1. The van der Waals surface area contributed by atoms with E-state index in [1.54, 1.807) is 12.1 Å². The summed E-state index contributed by atoms with van der Waals surface area (Å²) in [6, 6.07) is 5.88. The fourth-order valence-electron chi connectivity index (χ4n) is 3.24. The van der Waals surface area contributed by atoms with E-state index in [-0.39, 0.29) is 5.82 Å². The van der Waals surface area contributed by atoms with Crippen molar-refractivity contribution in [2.24, 2.45) is 11.8 Å². The summed E-state index contributed by atoms with van der Waals surface area (Å²) < 4.78 is 18.7. The predicted octanol–water partition coefficient (Wildman–Crippen LogP) is 3.40. The van der Waals surface area contributed by atoms with Gasteiger partial charge in [0.25, 0.3) is 0 Å². The van der Waals surface area contributed by atoms with Gasteiger partial charge in [-0.2, -0.15) is 0 Å². The Morgan fingerprint density at radius 1 is 1.37 bits per heavy atom. The van der Waals surface area contributed by atoms with Crippen LogP contribution in [0.15, 0.2) is 18.2 Å². The van der Waals surface area contributed by atoms with Gasteiger partial charge in [0.05, 0.1) is 7.11 Å². The summed E-state index contributed by atoms with van der Waals surface area (Å²) in [5, 5.41) is 3.41. The first kappa shape index (κ1) is 14.3. The first-order chi connectivity index (χ1) is 9.13. The predicted molar refractivity (Wildman–Crippen MR) is 76.0 cm³/mol. The average molecular weight is 265 g/mol. The normalized spacial score (nSPS) is 27.3. The molecule has 1 fully saturated rings. The van der Waals surface area contributed by atoms with Crippen molar-refractivity contribution in [1.82, 2.24) is 5.32 Å². The van der Waals surface area contributed by atoms with Crippen molar-refractivity contribution in [3.05, 3.63) is 29.6 Å². The fraction of sp³-hybridized carbons (Fsp3) is 0.625. The highest BCUT2D eigenvalue weighted by Crippen LogP contribution is 2.32. The molecule has 106 valence electrons. The van der Waals surface area contributed by atoms with Gasteiger partial charge < -0.3 is 10.1 Å². The number of rotatable bonds is 4. The number of benzene rings is 1. The van der Waals surface area contributed by atoms with Gasteiger partial charge >= 0.3 is 0 Å². The molecule has 3 atom stereocenters. The number of ether oxygens (including phenoxy) is 1. The van der Waals surface area contributed by atoms with Gasteiger partial charge in [0.15, 0.2) is 11.6 Å². The number of hydrogen-bond donors (Lipinski definition) is 1. The second-order valence-electron chi connectivity index (χ2n) is 5.75. The van der Waals surface area contributed by atoms with Crippen LogP contribution >= 0.6 is 0 Å². The molecule has 0 aromatic heterocycles. The third kappa shape index (κ3) is 3.47. The lowest BCUT2D eigenvalue weighted by Gasteiger charge is -2.35. The smallest absolute Gasteiger partial charge is 0.165 e. The maximum atomic E-state index is 13.7. The second-order valence-corrected chi connectivity index (χ2v) is 5.75. The van der Waals surface area contributed by atoms with Gasteiger partial charge in [-0.05, 0) is 62.3 Å². The van der Waals surface area contributed by atoms with Crippen LogP contribution < -0.4 is 10.1 Å². The molecule has 0 aliphatic heterocycles. The Hall–Kier alpha value is -1.09. The Balaban J connectivity index is 2.08. The maximum Gasteiger partial charge on any atom is 0.165 e. The van der Waals surface area contributed by atoms with E-state index >= 15 is 0 Å². The highest BCUT2D eigenvalue weighted by molar-refractivity contribution is 5.29. The third-order valence-electron chi connectivity index (χ3n) is 4.33. The molecule has 0 saturated heterocycles. The molecule has 1 N–H and O–H groups in total. The number of methoxy groups -OCH3 is 1. The molecule has 1 aromatic carbocycles. The van der Waals surface area contributed by atoms with Crippen LogP contribution in [0.5, 0.6) is 5.75 Å². The maximum absolute atomic E-state index is 13.7. The van der Waals surface area contributed by atoms with E-state index in [0.717, 1.165) is 17.9 Å². The van der Waals surface area contributed by atoms with Gasteiger partial charge in [-0.1, -0.05) is 13.0 Å². The van der Waals surface area contributed by atoms with Crippen molar-refractivity contribution in [3.8, 4) is 5.75 Å². The van der Waals surface area contributed by atoms with Crippen LogP contribution in [0.25, 0.3) is 0 Å². The van der Waals surface area contributed by atoms with Crippen molar-refractivity contribution < 1.29 is 9.13 Å². The van der Waals surface area contributed by atoms with Crippen LogP contribution in [-0.4, -0.2) is 20.2 Å². The summed E-state index contributed by atoms with van der Waals surface area (Å²) >= 11 is 0. The van der Waals surface area contributed by atoms with Gasteiger partial charge in [0.1, 0.15) is 0 Å².